The van der Waals surface area contributed by atoms with Gasteiger partial charge in [0.2, 0.25) is 0 Å². The minimum atomic E-state index is 0.530. The normalized spacial score (nSPS) is 12.8. The molecule has 0 saturated carbocycles. The van der Waals surface area contributed by atoms with E-state index < -0.39 is 0 Å². The third-order valence-electron chi connectivity index (χ3n) is 3.81. The lowest BCUT2D eigenvalue weighted by molar-refractivity contribution is 0.188. The highest BCUT2D eigenvalue weighted by atomic mass is 15.2. The molecule has 2 N–H and O–H groups in total. The summed E-state index contributed by atoms with van der Waals surface area (Å²) in [4.78, 5) is 2.52. The summed E-state index contributed by atoms with van der Waals surface area (Å²) in [5.41, 5.74) is 7.36. The van der Waals surface area contributed by atoms with E-state index in [1.807, 2.05) is 0 Å². The van der Waals surface area contributed by atoms with E-state index in [1.54, 1.807) is 0 Å². The van der Waals surface area contributed by atoms with Gasteiger partial charge in [0.25, 0.3) is 0 Å². The van der Waals surface area contributed by atoms with Crippen LogP contribution < -0.4 is 5.73 Å². The second-order valence-electron chi connectivity index (χ2n) is 5.29. The molecule has 0 aromatic heterocycles. The van der Waals surface area contributed by atoms with E-state index in [2.05, 4.69) is 49.1 Å². The zero-order valence-corrected chi connectivity index (χ0v) is 12.6. The minimum Gasteiger partial charge on any atom is -0.329 e. The first kappa shape index (κ1) is 16.2. The van der Waals surface area contributed by atoms with Gasteiger partial charge in [-0.25, -0.2) is 0 Å². The van der Waals surface area contributed by atoms with Crippen molar-refractivity contribution in [2.75, 3.05) is 13.1 Å². The van der Waals surface area contributed by atoms with E-state index in [-0.39, 0.29) is 0 Å². The van der Waals surface area contributed by atoms with Crippen LogP contribution in [0.2, 0.25) is 0 Å². The Morgan fingerprint density at radius 2 is 1.79 bits per heavy atom. The molecule has 0 aliphatic carbocycles. The number of nitrogens with zero attached hydrogens (tertiary/aromatic N) is 1. The molecule has 108 valence electrons. The lowest BCUT2D eigenvalue weighted by atomic mass is 10.0. The summed E-state index contributed by atoms with van der Waals surface area (Å²) < 4.78 is 0. The Morgan fingerprint density at radius 1 is 1.05 bits per heavy atom. The highest BCUT2D eigenvalue weighted by molar-refractivity contribution is 5.14. The molecule has 1 rings (SSSR count). The van der Waals surface area contributed by atoms with Crippen LogP contribution >= 0.6 is 0 Å². The number of nitrogens with two attached hydrogens (primary N) is 1. The van der Waals surface area contributed by atoms with Gasteiger partial charge in [-0.1, -0.05) is 69.9 Å². The molecular formula is C17H30N2. The molecule has 0 heterocycles. The maximum atomic E-state index is 5.98. The van der Waals surface area contributed by atoms with Crippen molar-refractivity contribution in [3.05, 3.63) is 35.9 Å². The molecule has 0 bridgehead atoms. The molecule has 1 aromatic carbocycles. The van der Waals surface area contributed by atoms with Crippen LogP contribution in [-0.4, -0.2) is 24.0 Å². The van der Waals surface area contributed by atoms with E-state index >= 15 is 0 Å². The molecule has 1 atom stereocenters. The van der Waals surface area contributed by atoms with Gasteiger partial charge in [-0.05, 0) is 18.5 Å². The van der Waals surface area contributed by atoms with Crippen molar-refractivity contribution in [3.8, 4) is 0 Å². The fraction of sp³-hybridized carbons (Fsp3) is 0.647. The maximum absolute atomic E-state index is 5.98. The van der Waals surface area contributed by atoms with E-state index in [9.17, 15) is 0 Å². The fourth-order valence-electron chi connectivity index (χ4n) is 2.57. The van der Waals surface area contributed by atoms with Crippen molar-refractivity contribution in [2.24, 2.45) is 5.73 Å². The van der Waals surface area contributed by atoms with Crippen molar-refractivity contribution in [1.82, 2.24) is 4.90 Å². The van der Waals surface area contributed by atoms with Crippen molar-refractivity contribution < 1.29 is 0 Å². The first-order valence-electron chi connectivity index (χ1n) is 7.79. The predicted molar refractivity (Wildman–Crippen MR) is 84.1 cm³/mol. The largest absolute Gasteiger partial charge is 0.329 e. The lowest BCUT2D eigenvalue weighted by Crippen LogP contribution is -2.40. The summed E-state index contributed by atoms with van der Waals surface area (Å²) >= 11 is 0. The number of hydrogen-bond acceptors (Lipinski definition) is 2. The van der Waals surface area contributed by atoms with Crippen LogP contribution in [0.5, 0.6) is 0 Å². The van der Waals surface area contributed by atoms with Crippen molar-refractivity contribution in [1.29, 1.82) is 0 Å². The molecule has 0 saturated heterocycles. The number of likely N-dealkylation sites (N-methyl/N-ethyl adjacent to an activating group) is 1. The minimum absolute atomic E-state index is 0.530. The molecule has 0 amide bonds. The highest BCUT2D eigenvalue weighted by Crippen LogP contribution is 2.13. The van der Waals surface area contributed by atoms with Crippen molar-refractivity contribution in [3.63, 3.8) is 0 Å². The zero-order valence-electron chi connectivity index (χ0n) is 12.6. The van der Waals surface area contributed by atoms with Crippen LogP contribution in [0, 0.1) is 0 Å². The lowest BCUT2D eigenvalue weighted by Gasteiger charge is -2.30. The van der Waals surface area contributed by atoms with Crippen LogP contribution in [-0.2, 0) is 6.54 Å². The number of hydrogen-bond donors (Lipinski definition) is 1. The van der Waals surface area contributed by atoms with Gasteiger partial charge >= 0.3 is 0 Å². The van der Waals surface area contributed by atoms with Gasteiger partial charge in [0.05, 0.1) is 0 Å². The Balaban J connectivity index is 2.45. The Kier molecular flexibility index (Phi) is 8.52. The molecule has 0 aliphatic rings. The van der Waals surface area contributed by atoms with Gasteiger partial charge in [-0.15, -0.1) is 0 Å². The molecule has 0 spiro atoms. The average Bonchev–Trinajstić information content (AvgIpc) is 2.46. The molecular weight excluding hydrogens is 232 g/mol. The van der Waals surface area contributed by atoms with Crippen LogP contribution in [0.3, 0.4) is 0 Å². The molecule has 0 fully saturated rings. The zero-order chi connectivity index (χ0) is 13.9. The first-order valence-corrected chi connectivity index (χ1v) is 7.79. The van der Waals surface area contributed by atoms with Gasteiger partial charge in [0.1, 0.15) is 0 Å². The van der Waals surface area contributed by atoms with Gasteiger partial charge in [-0.3, -0.25) is 4.90 Å². The second kappa shape index (κ2) is 9.99. The van der Waals surface area contributed by atoms with E-state index in [1.165, 1.54) is 37.7 Å². The molecule has 19 heavy (non-hydrogen) atoms. The van der Waals surface area contributed by atoms with Crippen LogP contribution in [0.15, 0.2) is 30.3 Å². The quantitative estimate of drug-likeness (QED) is 0.650. The van der Waals surface area contributed by atoms with Crippen LogP contribution in [0.4, 0.5) is 0 Å². The van der Waals surface area contributed by atoms with Crippen LogP contribution in [0.1, 0.15) is 51.5 Å². The Labute approximate surface area is 119 Å². The molecule has 1 aromatic rings. The topological polar surface area (TPSA) is 29.3 Å². The Bertz CT molecular complexity index is 310. The van der Waals surface area contributed by atoms with E-state index in [0.29, 0.717) is 6.04 Å². The molecule has 2 nitrogen and oxygen atoms in total. The monoisotopic (exact) mass is 262 g/mol. The molecule has 0 radical (unpaired) electrons. The summed E-state index contributed by atoms with van der Waals surface area (Å²) in [5, 5.41) is 0. The summed E-state index contributed by atoms with van der Waals surface area (Å²) in [5.74, 6) is 0. The summed E-state index contributed by atoms with van der Waals surface area (Å²) in [6, 6.07) is 11.2. The summed E-state index contributed by atoms with van der Waals surface area (Å²) in [7, 11) is 0. The number of rotatable bonds is 10. The van der Waals surface area contributed by atoms with Crippen molar-refractivity contribution >= 4 is 0 Å². The van der Waals surface area contributed by atoms with Crippen LogP contribution in [0.25, 0.3) is 0 Å². The van der Waals surface area contributed by atoms with Gasteiger partial charge in [-0.2, -0.15) is 0 Å². The average molecular weight is 262 g/mol. The van der Waals surface area contributed by atoms with Gasteiger partial charge in [0.15, 0.2) is 0 Å². The molecule has 1 unspecified atom stereocenters. The number of benzene rings is 1. The Morgan fingerprint density at radius 3 is 2.37 bits per heavy atom. The van der Waals surface area contributed by atoms with Gasteiger partial charge < -0.3 is 5.73 Å². The third-order valence-corrected chi connectivity index (χ3v) is 3.81. The van der Waals surface area contributed by atoms with Gasteiger partial charge in [0, 0.05) is 19.1 Å². The fourth-order valence-corrected chi connectivity index (χ4v) is 2.57. The summed E-state index contributed by atoms with van der Waals surface area (Å²) in [6.07, 6.45) is 6.53. The first-order chi connectivity index (χ1) is 9.31. The molecule has 2 heteroatoms. The maximum Gasteiger partial charge on any atom is 0.0237 e. The molecule has 0 aliphatic heterocycles. The van der Waals surface area contributed by atoms with E-state index in [4.69, 9.17) is 5.73 Å². The standard InChI is InChI=1S/C17H30N2/c1-3-5-6-10-13-17(14-18)19(4-2)15-16-11-8-7-9-12-16/h7-9,11-12,17H,3-6,10,13-15,18H2,1-2H3. The van der Waals surface area contributed by atoms with Crippen molar-refractivity contribution in [2.45, 2.75) is 58.5 Å². The van der Waals surface area contributed by atoms with E-state index in [0.717, 1.165) is 19.6 Å². The summed E-state index contributed by atoms with van der Waals surface area (Å²) in [6.45, 7) is 7.36. The highest BCUT2D eigenvalue weighted by Gasteiger charge is 2.15. The SMILES string of the molecule is CCCCCCC(CN)N(CC)Cc1ccccc1. The second-order valence-corrected chi connectivity index (χ2v) is 5.29. The predicted octanol–water partition coefficient (Wildman–Crippen LogP) is 3.81. The smallest absolute Gasteiger partial charge is 0.0237 e. The third kappa shape index (κ3) is 6.22. The Hall–Kier alpha value is -0.860. The number of unbranched alkanes of at least 4 members (excludes halogenated alkanes) is 3.